The van der Waals surface area contributed by atoms with Gasteiger partial charge in [0.2, 0.25) is 0 Å². The van der Waals surface area contributed by atoms with E-state index in [1.54, 1.807) is 6.20 Å². The van der Waals surface area contributed by atoms with Crippen molar-refractivity contribution in [2.45, 2.75) is 12.3 Å². The van der Waals surface area contributed by atoms with Gasteiger partial charge in [0, 0.05) is 12.1 Å². The molecule has 0 bridgehead atoms. The Morgan fingerprint density at radius 2 is 1.95 bits per heavy atom. The molecule has 1 aliphatic rings. The number of rotatable bonds is 2. The van der Waals surface area contributed by atoms with E-state index in [1.165, 1.54) is 11.1 Å². The molecule has 3 N–H and O–H groups in total. The number of aromatic nitrogens is 3. The molecule has 3 aromatic rings. The third kappa shape index (κ3) is 1.54. The highest BCUT2D eigenvalue weighted by atomic mass is 15.2. The number of fused-ring (bicyclic) bond motifs is 1. The lowest BCUT2D eigenvalue weighted by molar-refractivity contribution is 0.683. The van der Waals surface area contributed by atoms with Gasteiger partial charge in [0.25, 0.3) is 0 Å². The van der Waals surface area contributed by atoms with Crippen LogP contribution in [0.2, 0.25) is 0 Å². The lowest BCUT2D eigenvalue weighted by atomic mass is 9.74. The molecule has 2 heterocycles. The zero-order valence-electron chi connectivity index (χ0n) is 10.9. The van der Waals surface area contributed by atoms with Crippen molar-refractivity contribution in [1.82, 2.24) is 15.2 Å². The van der Waals surface area contributed by atoms with Gasteiger partial charge >= 0.3 is 0 Å². The van der Waals surface area contributed by atoms with E-state index in [0.717, 1.165) is 23.4 Å². The molecule has 1 unspecified atom stereocenters. The Labute approximate surface area is 116 Å². The smallest absolute Gasteiger partial charge is 0.154 e. The lowest BCUT2D eigenvalue weighted by Gasteiger charge is -2.29. The Morgan fingerprint density at radius 3 is 2.75 bits per heavy atom. The van der Waals surface area contributed by atoms with Crippen molar-refractivity contribution < 1.29 is 0 Å². The van der Waals surface area contributed by atoms with Gasteiger partial charge in [-0.2, -0.15) is 5.10 Å². The van der Waals surface area contributed by atoms with Crippen LogP contribution in [0.4, 0.5) is 5.82 Å². The number of hydrogen-bond acceptors (Lipinski definition) is 3. The van der Waals surface area contributed by atoms with Crippen LogP contribution in [-0.4, -0.2) is 15.2 Å². The standard InChI is InChI=1S/C16H14N4/c17-16-14(13-7-3-4-8-18-13)15(19-20-16)12-9-10-5-1-2-6-11(10)12/h1-8,12H,9H2,(H3,17,19,20). The molecular formula is C16H14N4. The second kappa shape index (κ2) is 4.20. The molecule has 2 aromatic heterocycles. The zero-order chi connectivity index (χ0) is 13.5. The molecule has 0 amide bonds. The van der Waals surface area contributed by atoms with E-state index >= 15 is 0 Å². The van der Waals surface area contributed by atoms with Crippen LogP contribution in [0.5, 0.6) is 0 Å². The SMILES string of the molecule is Nc1n[nH]c(C2Cc3ccccc32)c1-c1ccccn1. The van der Waals surface area contributed by atoms with Crippen molar-refractivity contribution in [1.29, 1.82) is 0 Å². The van der Waals surface area contributed by atoms with Crippen molar-refractivity contribution in [3.8, 4) is 11.3 Å². The Bertz CT molecular complexity index is 761. The molecule has 0 fully saturated rings. The van der Waals surface area contributed by atoms with Gasteiger partial charge in [0.05, 0.1) is 17.0 Å². The van der Waals surface area contributed by atoms with Gasteiger partial charge in [-0.05, 0) is 29.7 Å². The van der Waals surface area contributed by atoms with Crippen LogP contribution in [-0.2, 0) is 6.42 Å². The number of nitrogens with two attached hydrogens (primary N) is 1. The average Bonchev–Trinajstić information content (AvgIpc) is 2.83. The van der Waals surface area contributed by atoms with Crippen molar-refractivity contribution in [2.75, 3.05) is 5.73 Å². The van der Waals surface area contributed by atoms with Crippen molar-refractivity contribution in [2.24, 2.45) is 0 Å². The zero-order valence-corrected chi connectivity index (χ0v) is 10.9. The number of nitrogen functional groups attached to an aromatic ring is 1. The van der Waals surface area contributed by atoms with Gasteiger partial charge in [-0.1, -0.05) is 30.3 Å². The van der Waals surface area contributed by atoms with Gasteiger partial charge < -0.3 is 5.73 Å². The largest absolute Gasteiger partial charge is 0.382 e. The van der Waals surface area contributed by atoms with Crippen LogP contribution in [0.25, 0.3) is 11.3 Å². The predicted octanol–water partition coefficient (Wildman–Crippen LogP) is 2.74. The van der Waals surface area contributed by atoms with E-state index in [0.29, 0.717) is 11.7 Å². The number of pyridine rings is 1. The fourth-order valence-corrected chi connectivity index (χ4v) is 2.92. The minimum Gasteiger partial charge on any atom is -0.382 e. The Kier molecular flexibility index (Phi) is 2.36. The number of benzene rings is 1. The van der Waals surface area contributed by atoms with E-state index in [-0.39, 0.29) is 0 Å². The fourth-order valence-electron chi connectivity index (χ4n) is 2.92. The molecule has 1 aromatic carbocycles. The van der Waals surface area contributed by atoms with Crippen molar-refractivity contribution in [3.05, 3.63) is 65.5 Å². The summed E-state index contributed by atoms with van der Waals surface area (Å²) in [5, 5.41) is 7.28. The first-order valence-corrected chi connectivity index (χ1v) is 6.67. The second-order valence-electron chi connectivity index (χ2n) is 5.07. The summed E-state index contributed by atoms with van der Waals surface area (Å²) in [7, 11) is 0. The summed E-state index contributed by atoms with van der Waals surface area (Å²) in [4.78, 5) is 4.40. The van der Waals surface area contributed by atoms with E-state index < -0.39 is 0 Å². The molecule has 0 saturated carbocycles. The number of nitrogens with one attached hydrogen (secondary N) is 1. The third-order valence-corrected chi connectivity index (χ3v) is 3.95. The molecular weight excluding hydrogens is 248 g/mol. The van der Waals surface area contributed by atoms with Crippen molar-refractivity contribution in [3.63, 3.8) is 0 Å². The van der Waals surface area contributed by atoms with Gasteiger partial charge in [-0.25, -0.2) is 0 Å². The topological polar surface area (TPSA) is 67.6 Å². The van der Waals surface area contributed by atoms with Crippen molar-refractivity contribution >= 4 is 5.82 Å². The maximum absolute atomic E-state index is 6.03. The first kappa shape index (κ1) is 11.2. The molecule has 0 aliphatic heterocycles. The molecule has 98 valence electrons. The van der Waals surface area contributed by atoms with E-state index in [2.05, 4.69) is 39.4 Å². The summed E-state index contributed by atoms with van der Waals surface area (Å²) in [6, 6.07) is 14.3. The molecule has 1 atom stereocenters. The van der Waals surface area contributed by atoms with Crippen LogP contribution in [0, 0.1) is 0 Å². The van der Waals surface area contributed by atoms with Gasteiger partial charge in [-0.3, -0.25) is 10.1 Å². The predicted molar refractivity (Wildman–Crippen MR) is 78.2 cm³/mol. The van der Waals surface area contributed by atoms with Crippen LogP contribution < -0.4 is 5.73 Å². The summed E-state index contributed by atoms with van der Waals surface area (Å²) in [6.45, 7) is 0. The van der Waals surface area contributed by atoms with Gasteiger partial charge in [-0.15, -0.1) is 0 Å². The first-order valence-electron chi connectivity index (χ1n) is 6.67. The number of hydrogen-bond donors (Lipinski definition) is 2. The summed E-state index contributed by atoms with van der Waals surface area (Å²) >= 11 is 0. The molecule has 0 saturated heterocycles. The van der Waals surface area contributed by atoms with E-state index in [1.807, 2.05) is 18.2 Å². The molecule has 20 heavy (non-hydrogen) atoms. The molecule has 0 spiro atoms. The monoisotopic (exact) mass is 262 g/mol. The Hall–Kier alpha value is -2.62. The highest BCUT2D eigenvalue weighted by Gasteiger charge is 2.31. The lowest BCUT2D eigenvalue weighted by Crippen LogP contribution is -2.19. The number of H-pyrrole nitrogens is 1. The minimum atomic E-state index is 0.341. The fraction of sp³-hybridized carbons (Fsp3) is 0.125. The van der Waals surface area contributed by atoms with Crippen LogP contribution in [0.15, 0.2) is 48.7 Å². The van der Waals surface area contributed by atoms with Crippen LogP contribution >= 0.6 is 0 Å². The Morgan fingerprint density at radius 1 is 1.10 bits per heavy atom. The number of aromatic amines is 1. The average molecular weight is 262 g/mol. The Balaban J connectivity index is 1.82. The van der Waals surface area contributed by atoms with E-state index in [9.17, 15) is 0 Å². The summed E-state index contributed by atoms with van der Waals surface area (Å²) in [5.41, 5.74) is 11.7. The van der Waals surface area contributed by atoms with Gasteiger partial charge in [0.1, 0.15) is 0 Å². The third-order valence-electron chi connectivity index (χ3n) is 3.95. The molecule has 4 heteroatoms. The molecule has 0 radical (unpaired) electrons. The highest BCUT2D eigenvalue weighted by Crippen LogP contribution is 2.43. The maximum Gasteiger partial charge on any atom is 0.154 e. The summed E-state index contributed by atoms with van der Waals surface area (Å²) in [5.74, 6) is 0.857. The van der Waals surface area contributed by atoms with Gasteiger partial charge in [0.15, 0.2) is 5.82 Å². The number of nitrogens with zero attached hydrogens (tertiary/aromatic N) is 2. The second-order valence-corrected chi connectivity index (χ2v) is 5.07. The first-order chi connectivity index (χ1) is 9.84. The summed E-state index contributed by atoms with van der Waals surface area (Å²) < 4.78 is 0. The minimum absolute atomic E-state index is 0.341. The number of anilines is 1. The van der Waals surface area contributed by atoms with E-state index in [4.69, 9.17) is 5.73 Å². The molecule has 1 aliphatic carbocycles. The maximum atomic E-state index is 6.03. The normalized spacial score (nSPS) is 16.5. The summed E-state index contributed by atoms with van der Waals surface area (Å²) in [6.07, 6.45) is 2.80. The molecule has 4 nitrogen and oxygen atoms in total. The highest BCUT2D eigenvalue weighted by molar-refractivity contribution is 5.75. The quantitative estimate of drug-likeness (QED) is 0.746. The van der Waals surface area contributed by atoms with Crippen LogP contribution in [0.1, 0.15) is 22.7 Å². The molecule has 4 rings (SSSR count). The van der Waals surface area contributed by atoms with Crippen LogP contribution in [0.3, 0.4) is 0 Å².